The molecule has 0 N–H and O–H groups in total. The first-order valence-corrected chi connectivity index (χ1v) is 17.2. The summed E-state index contributed by atoms with van der Waals surface area (Å²) in [5, 5.41) is 3.09. The predicted octanol–water partition coefficient (Wildman–Crippen LogP) is 3.19. The summed E-state index contributed by atoms with van der Waals surface area (Å²) < 4.78 is 12.6. The molecule has 2 aromatic heterocycles. The standard InChI is InChI=1S/C43H21B8NO2/c1-20-9-16-25(44)17-14-24-19-23(15-18-28(24)52(20)29-7-4-6-27-33-35(46)36(47)38(49)40(51)43(33)54-41(27)29)21-10-12-22(13-11-21)31-32-26-5-2-3-8-30(26)53-42(32)39(50)37(48)34(31)45/h2-13,15-19H,1,14H2/b16-9-,25-17+. The Morgan fingerprint density at radius 3 is 1.94 bits per heavy atom. The molecule has 9 rings (SSSR count). The summed E-state index contributed by atoms with van der Waals surface area (Å²) in [7, 11) is 51.2. The SMILES string of the molecule is [B]C1=C/Cc2cc(-c3ccc(-c4c([B])c([B])c([B])c5oc6ccccc6c45)cc3)ccc2N(c2cccc3c2oc2c([B])c([B])c([B])c([B])c23)C(=C)/C=C\1. The van der Waals surface area contributed by atoms with Gasteiger partial charge in [0.2, 0.25) is 0 Å². The van der Waals surface area contributed by atoms with E-state index in [1.54, 1.807) is 0 Å². The Hall–Kier alpha value is -5.54. The smallest absolute Gasteiger partial charge is 0.159 e. The number of hydrogen-bond acceptors (Lipinski definition) is 3. The lowest BCUT2D eigenvalue weighted by atomic mass is 9.65. The fourth-order valence-electron chi connectivity index (χ4n) is 7.58. The van der Waals surface area contributed by atoms with Crippen molar-refractivity contribution in [2.24, 2.45) is 0 Å². The van der Waals surface area contributed by atoms with Crippen LogP contribution in [0.4, 0.5) is 11.4 Å². The molecule has 234 valence electrons. The van der Waals surface area contributed by atoms with E-state index >= 15 is 0 Å². The van der Waals surface area contributed by atoms with Crippen molar-refractivity contribution in [2.75, 3.05) is 4.90 Å². The second kappa shape index (κ2) is 12.8. The van der Waals surface area contributed by atoms with E-state index in [4.69, 9.17) is 71.6 Å². The van der Waals surface area contributed by atoms with Crippen LogP contribution in [0.2, 0.25) is 0 Å². The van der Waals surface area contributed by atoms with E-state index in [0.717, 1.165) is 55.4 Å². The molecule has 0 saturated carbocycles. The molecule has 0 amide bonds. The molecule has 6 aromatic carbocycles. The van der Waals surface area contributed by atoms with Crippen molar-refractivity contribution in [2.45, 2.75) is 6.42 Å². The Balaban J connectivity index is 1.18. The molecule has 0 bridgehead atoms. The van der Waals surface area contributed by atoms with E-state index in [1.807, 2.05) is 77.7 Å². The van der Waals surface area contributed by atoms with E-state index in [2.05, 4.69) is 36.9 Å². The lowest BCUT2D eigenvalue weighted by molar-refractivity contribution is 0.671. The normalized spacial score (nSPS) is 14.9. The number of furan rings is 2. The van der Waals surface area contributed by atoms with Gasteiger partial charge in [0.25, 0.3) is 0 Å². The zero-order valence-electron chi connectivity index (χ0n) is 29.1. The lowest BCUT2D eigenvalue weighted by Crippen LogP contribution is -2.47. The molecule has 0 spiro atoms. The minimum atomic E-state index is 0.187. The Labute approximate surface area is 323 Å². The number of benzene rings is 6. The fourth-order valence-corrected chi connectivity index (χ4v) is 7.58. The maximum absolute atomic E-state index is 6.66. The molecule has 11 heteroatoms. The first-order valence-electron chi connectivity index (χ1n) is 17.2. The quantitative estimate of drug-likeness (QED) is 0.271. The first kappa shape index (κ1) is 34.2. The molecular weight excluding hydrogens is 649 g/mol. The number of nitrogens with zero attached hydrogens (tertiary/aromatic N) is 1. The number of anilines is 2. The topological polar surface area (TPSA) is 29.5 Å². The van der Waals surface area contributed by atoms with E-state index < -0.39 is 0 Å². The molecule has 3 heterocycles. The molecule has 1 aliphatic heterocycles. The van der Waals surface area contributed by atoms with Crippen LogP contribution in [-0.2, 0) is 6.42 Å². The van der Waals surface area contributed by atoms with Crippen LogP contribution in [0, 0.1) is 0 Å². The van der Waals surface area contributed by atoms with E-state index in [1.165, 1.54) is 0 Å². The summed E-state index contributed by atoms with van der Waals surface area (Å²) in [5.41, 5.74) is 11.7. The summed E-state index contributed by atoms with van der Waals surface area (Å²) in [6, 6.07) is 28.1. The van der Waals surface area contributed by atoms with Crippen LogP contribution in [0.15, 0.2) is 130 Å². The van der Waals surface area contributed by atoms with Gasteiger partial charge in [0.1, 0.15) is 79.5 Å². The van der Waals surface area contributed by atoms with Crippen LogP contribution in [-0.4, -0.2) is 62.8 Å². The highest BCUT2D eigenvalue weighted by molar-refractivity contribution is 6.67. The lowest BCUT2D eigenvalue weighted by Gasteiger charge is -2.28. The van der Waals surface area contributed by atoms with Crippen LogP contribution >= 0.6 is 0 Å². The predicted molar refractivity (Wildman–Crippen MR) is 234 cm³/mol. The average Bonchev–Trinajstić information content (AvgIpc) is 3.78. The maximum atomic E-state index is 6.66. The van der Waals surface area contributed by atoms with Gasteiger partial charge < -0.3 is 13.7 Å². The summed E-state index contributed by atoms with van der Waals surface area (Å²) in [6.45, 7) is 4.44. The van der Waals surface area contributed by atoms with Gasteiger partial charge in [0.05, 0.1) is 5.69 Å². The second-order valence-corrected chi connectivity index (χ2v) is 13.5. The van der Waals surface area contributed by atoms with E-state index in [0.29, 0.717) is 67.2 Å². The van der Waals surface area contributed by atoms with Gasteiger partial charge in [-0.3, -0.25) is 0 Å². The first-order chi connectivity index (χ1) is 26.0. The van der Waals surface area contributed by atoms with Gasteiger partial charge in [-0.25, -0.2) is 0 Å². The van der Waals surface area contributed by atoms with Crippen molar-refractivity contribution in [3.63, 3.8) is 0 Å². The third-order valence-corrected chi connectivity index (χ3v) is 10.4. The highest BCUT2D eigenvalue weighted by Crippen LogP contribution is 2.42. The molecule has 0 atom stereocenters. The zero-order valence-corrected chi connectivity index (χ0v) is 29.1. The minimum Gasteiger partial charge on any atom is -0.457 e. The van der Waals surface area contributed by atoms with Gasteiger partial charge in [-0.15, -0.1) is 21.9 Å². The number of allylic oxidation sites excluding steroid dienone is 4. The van der Waals surface area contributed by atoms with Crippen LogP contribution in [0.3, 0.4) is 0 Å². The van der Waals surface area contributed by atoms with Crippen molar-refractivity contribution >= 4 is 156 Å². The van der Waals surface area contributed by atoms with Crippen LogP contribution in [0.5, 0.6) is 0 Å². The number of para-hydroxylation sites is 2. The van der Waals surface area contributed by atoms with Gasteiger partial charge in [0, 0.05) is 32.9 Å². The van der Waals surface area contributed by atoms with Gasteiger partial charge in [-0.05, 0) is 64.6 Å². The van der Waals surface area contributed by atoms with Crippen LogP contribution in [0.1, 0.15) is 5.56 Å². The second-order valence-electron chi connectivity index (χ2n) is 13.5. The molecule has 0 fully saturated rings. The Bertz CT molecular complexity index is 2970. The molecular formula is C43H21B8NO2. The van der Waals surface area contributed by atoms with E-state index in [-0.39, 0.29) is 16.4 Å². The Morgan fingerprint density at radius 1 is 0.519 bits per heavy atom. The van der Waals surface area contributed by atoms with Crippen molar-refractivity contribution < 1.29 is 8.83 Å². The molecule has 1 aliphatic rings. The molecule has 0 aliphatic carbocycles. The maximum Gasteiger partial charge on any atom is 0.159 e. The zero-order chi connectivity index (χ0) is 37.6. The number of fused-ring (bicyclic) bond motifs is 7. The minimum absolute atomic E-state index is 0.187. The summed E-state index contributed by atoms with van der Waals surface area (Å²) >= 11 is 0. The molecule has 54 heavy (non-hydrogen) atoms. The Morgan fingerprint density at radius 2 is 1.17 bits per heavy atom. The summed E-state index contributed by atoms with van der Waals surface area (Å²) in [6.07, 6.45) is 6.26. The van der Waals surface area contributed by atoms with E-state index in [9.17, 15) is 0 Å². The third-order valence-electron chi connectivity index (χ3n) is 10.4. The summed E-state index contributed by atoms with van der Waals surface area (Å²) in [5.74, 6) is 0. The van der Waals surface area contributed by atoms with Crippen molar-refractivity contribution in [1.29, 1.82) is 0 Å². The average molecular weight is 670 g/mol. The molecule has 16 radical (unpaired) electrons. The molecule has 0 saturated heterocycles. The van der Waals surface area contributed by atoms with Gasteiger partial charge in [-0.2, -0.15) is 0 Å². The number of rotatable bonds is 3. The third kappa shape index (κ3) is 5.16. The number of hydrogen-bond donors (Lipinski definition) is 0. The fraction of sp³-hybridized carbons (Fsp3) is 0.0233. The molecule has 0 unspecified atom stereocenters. The van der Waals surface area contributed by atoms with Crippen LogP contribution in [0.25, 0.3) is 66.1 Å². The van der Waals surface area contributed by atoms with Crippen LogP contribution < -0.4 is 43.1 Å². The molecule has 8 aromatic rings. The molecule has 3 nitrogen and oxygen atoms in total. The Kier molecular flexibility index (Phi) is 8.12. The monoisotopic (exact) mass is 671 g/mol. The van der Waals surface area contributed by atoms with Crippen molar-refractivity contribution in [3.05, 3.63) is 126 Å². The highest BCUT2D eigenvalue weighted by atomic mass is 16.3. The van der Waals surface area contributed by atoms with Gasteiger partial charge in [-0.1, -0.05) is 101 Å². The highest BCUT2D eigenvalue weighted by Gasteiger charge is 2.24. The van der Waals surface area contributed by atoms with Gasteiger partial charge in [0.15, 0.2) is 5.58 Å². The largest absolute Gasteiger partial charge is 0.457 e. The van der Waals surface area contributed by atoms with Crippen molar-refractivity contribution in [1.82, 2.24) is 0 Å². The van der Waals surface area contributed by atoms with Gasteiger partial charge >= 0.3 is 0 Å². The van der Waals surface area contributed by atoms with Crippen molar-refractivity contribution in [3.8, 4) is 22.3 Å². The summed E-state index contributed by atoms with van der Waals surface area (Å²) in [4.78, 5) is 2.05.